The molecule has 1 fully saturated rings. The van der Waals surface area contributed by atoms with Gasteiger partial charge in [-0.3, -0.25) is 9.69 Å². The summed E-state index contributed by atoms with van der Waals surface area (Å²) in [6, 6.07) is 15.0. The van der Waals surface area contributed by atoms with E-state index in [1.54, 1.807) is 0 Å². The zero-order chi connectivity index (χ0) is 18.9. The minimum Gasteiger partial charge on any atom is -0.371 e. The molecular formula is C23H20N2O2. The number of nitrogens with zero attached hydrogens (tertiary/aromatic N) is 2. The third-order valence-electron chi connectivity index (χ3n) is 5.09. The van der Waals surface area contributed by atoms with Crippen LogP contribution in [0.1, 0.15) is 24.0 Å². The highest BCUT2D eigenvalue weighted by atomic mass is 16.3. The van der Waals surface area contributed by atoms with Crippen molar-refractivity contribution in [2.75, 3.05) is 29.4 Å². The molecule has 2 aromatic rings. The fourth-order valence-electron chi connectivity index (χ4n) is 3.81. The third kappa shape index (κ3) is 2.85. The highest BCUT2D eigenvalue weighted by Crippen LogP contribution is 2.46. The van der Waals surface area contributed by atoms with Gasteiger partial charge in [-0.2, -0.15) is 0 Å². The van der Waals surface area contributed by atoms with Gasteiger partial charge in [0.25, 0.3) is 5.91 Å². The Morgan fingerprint density at radius 1 is 1.04 bits per heavy atom. The Labute approximate surface area is 159 Å². The molecule has 0 aliphatic carbocycles. The molecule has 2 aromatic carbocycles. The van der Waals surface area contributed by atoms with E-state index in [-0.39, 0.29) is 6.54 Å². The predicted molar refractivity (Wildman–Crippen MR) is 106 cm³/mol. The lowest BCUT2D eigenvalue weighted by atomic mass is 9.93. The molecule has 4 heteroatoms. The highest BCUT2D eigenvalue weighted by Gasteiger charge is 2.51. The predicted octanol–water partition coefficient (Wildman–Crippen LogP) is 2.51. The van der Waals surface area contributed by atoms with Gasteiger partial charge in [0.05, 0.1) is 17.8 Å². The van der Waals surface area contributed by atoms with Crippen molar-refractivity contribution in [1.29, 1.82) is 0 Å². The molecule has 4 nitrogen and oxygen atoms in total. The van der Waals surface area contributed by atoms with Crippen LogP contribution in [0.3, 0.4) is 0 Å². The Hall–Kier alpha value is -3.21. The number of carbonyl (C=O) groups is 1. The first-order valence-electron chi connectivity index (χ1n) is 9.09. The first kappa shape index (κ1) is 17.2. The molecule has 27 heavy (non-hydrogen) atoms. The first-order chi connectivity index (χ1) is 13.1. The lowest BCUT2D eigenvalue weighted by molar-refractivity contribution is -0.130. The van der Waals surface area contributed by atoms with Crippen LogP contribution in [0.15, 0.2) is 48.5 Å². The van der Waals surface area contributed by atoms with Crippen molar-refractivity contribution in [2.45, 2.75) is 18.4 Å². The third-order valence-corrected chi connectivity index (χ3v) is 5.09. The number of terminal acetylenes is 1. The van der Waals surface area contributed by atoms with Gasteiger partial charge in [0.1, 0.15) is 0 Å². The van der Waals surface area contributed by atoms with Crippen LogP contribution in [0.25, 0.3) is 0 Å². The first-order valence-corrected chi connectivity index (χ1v) is 9.09. The summed E-state index contributed by atoms with van der Waals surface area (Å²) in [6.07, 6.45) is 7.66. The topological polar surface area (TPSA) is 43.8 Å². The number of aliphatic hydroxyl groups is 1. The molecule has 2 aliphatic heterocycles. The molecule has 1 amide bonds. The summed E-state index contributed by atoms with van der Waals surface area (Å²) >= 11 is 0. The van der Waals surface area contributed by atoms with E-state index in [9.17, 15) is 9.90 Å². The molecule has 1 unspecified atom stereocenters. The van der Waals surface area contributed by atoms with Crippen molar-refractivity contribution in [3.63, 3.8) is 0 Å². The van der Waals surface area contributed by atoms with E-state index in [0.717, 1.165) is 37.2 Å². The SMILES string of the molecule is C#CCN1C(=O)C(O)(C#Cc2ccccc2)c2c(N3CCCC3)cccc21. The molecule has 0 bridgehead atoms. The molecule has 0 aromatic heterocycles. The van der Waals surface area contributed by atoms with Gasteiger partial charge >= 0.3 is 0 Å². The molecular weight excluding hydrogens is 336 g/mol. The maximum atomic E-state index is 13.1. The molecule has 2 heterocycles. The zero-order valence-corrected chi connectivity index (χ0v) is 15.0. The molecule has 0 radical (unpaired) electrons. The largest absolute Gasteiger partial charge is 0.371 e. The molecule has 0 spiro atoms. The van der Waals surface area contributed by atoms with Crippen LogP contribution < -0.4 is 9.80 Å². The van der Waals surface area contributed by atoms with Crippen LogP contribution in [-0.2, 0) is 10.4 Å². The van der Waals surface area contributed by atoms with Crippen LogP contribution in [0, 0.1) is 24.2 Å². The van der Waals surface area contributed by atoms with Crippen molar-refractivity contribution in [1.82, 2.24) is 0 Å². The van der Waals surface area contributed by atoms with Gasteiger partial charge in [-0.1, -0.05) is 36.1 Å². The summed E-state index contributed by atoms with van der Waals surface area (Å²) in [5, 5.41) is 11.5. The molecule has 1 saturated heterocycles. The second kappa shape index (κ2) is 6.83. The van der Waals surface area contributed by atoms with Gasteiger partial charge in [0.15, 0.2) is 0 Å². The van der Waals surface area contributed by atoms with Crippen LogP contribution in [-0.4, -0.2) is 30.6 Å². The summed E-state index contributed by atoms with van der Waals surface area (Å²) in [5.74, 6) is 7.85. The highest BCUT2D eigenvalue weighted by molar-refractivity contribution is 6.11. The summed E-state index contributed by atoms with van der Waals surface area (Å²) < 4.78 is 0. The Balaban J connectivity index is 1.87. The molecule has 0 saturated carbocycles. The van der Waals surface area contributed by atoms with Gasteiger partial charge in [-0.25, -0.2) is 0 Å². The Morgan fingerprint density at radius 3 is 2.44 bits per heavy atom. The van der Waals surface area contributed by atoms with Gasteiger partial charge in [-0.15, -0.1) is 6.42 Å². The fraction of sp³-hybridized carbons (Fsp3) is 0.261. The lowest BCUT2D eigenvalue weighted by Gasteiger charge is -2.24. The molecule has 4 rings (SSSR count). The quantitative estimate of drug-likeness (QED) is 0.841. The van der Waals surface area contributed by atoms with Crippen molar-refractivity contribution in [3.05, 3.63) is 59.7 Å². The van der Waals surface area contributed by atoms with Gasteiger partial charge < -0.3 is 10.0 Å². The minimum absolute atomic E-state index is 0.102. The fourth-order valence-corrected chi connectivity index (χ4v) is 3.81. The number of benzene rings is 2. The second-order valence-corrected chi connectivity index (χ2v) is 6.79. The van der Waals surface area contributed by atoms with Gasteiger partial charge in [0.2, 0.25) is 5.60 Å². The zero-order valence-electron chi connectivity index (χ0n) is 15.0. The maximum absolute atomic E-state index is 13.1. The molecule has 1 atom stereocenters. The Bertz CT molecular complexity index is 975. The maximum Gasteiger partial charge on any atom is 0.277 e. The van der Waals surface area contributed by atoms with Crippen molar-refractivity contribution in [2.24, 2.45) is 0 Å². The number of hydrogen-bond donors (Lipinski definition) is 1. The van der Waals surface area contributed by atoms with Crippen LogP contribution >= 0.6 is 0 Å². The van der Waals surface area contributed by atoms with E-state index in [1.807, 2.05) is 48.5 Å². The number of amides is 1. The second-order valence-electron chi connectivity index (χ2n) is 6.79. The van der Waals surface area contributed by atoms with Gasteiger partial charge in [-0.05, 0) is 43.0 Å². The van der Waals surface area contributed by atoms with Crippen molar-refractivity contribution < 1.29 is 9.90 Å². The molecule has 1 N–H and O–H groups in total. The number of carbonyl (C=O) groups excluding carboxylic acids is 1. The number of anilines is 2. The van der Waals surface area contributed by atoms with E-state index in [2.05, 4.69) is 22.7 Å². The van der Waals surface area contributed by atoms with Crippen LogP contribution in [0.2, 0.25) is 0 Å². The summed E-state index contributed by atoms with van der Waals surface area (Å²) in [6.45, 7) is 1.91. The number of rotatable bonds is 2. The van der Waals surface area contributed by atoms with Crippen LogP contribution in [0.4, 0.5) is 11.4 Å². The van der Waals surface area contributed by atoms with E-state index < -0.39 is 11.5 Å². The summed E-state index contributed by atoms with van der Waals surface area (Å²) in [7, 11) is 0. The Morgan fingerprint density at radius 2 is 1.74 bits per heavy atom. The smallest absolute Gasteiger partial charge is 0.277 e. The van der Waals surface area contributed by atoms with Gasteiger partial charge in [0, 0.05) is 24.3 Å². The van der Waals surface area contributed by atoms with E-state index in [1.165, 1.54) is 4.90 Å². The number of fused-ring (bicyclic) bond motifs is 1. The summed E-state index contributed by atoms with van der Waals surface area (Å²) in [4.78, 5) is 16.8. The molecule has 2 aliphatic rings. The normalized spacial score (nSPS) is 20.8. The van der Waals surface area contributed by atoms with Crippen molar-refractivity contribution >= 4 is 17.3 Å². The standard InChI is InChI=1S/C23H20N2O2/c1-2-15-25-20-12-8-11-19(24-16-6-7-17-24)21(20)23(27,22(25)26)14-13-18-9-4-3-5-10-18/h1,3-5,8-12,27H,6-7,15-17H2. The van der Waals surface area contributed by atoms with Crippen LogP contribution in [0.5, 0.6) is 0 Å². The van der Waals surface area contributed by atoms with E-state index in [4.69, 9.17) is 6.42 Å². The lowest BCUT2D eigenvalue weighted by Crippen LogP contribution is -2.40. The van der Waals surface area contributed by atoms with Crippen molar-refractivity contribution in [3.8, 4) is 24.2 Å². The average Bonchev–Trinajstić information content (AvgIpc) is 3.30. The number of hydrogen-bond acceptors (Lipinski definition) is 3. The monoisotopic (exact) mass is 356 g/mol. The molecule has 134 valence electrons. The average molecular weight is 356 g/mol. The minimum atomic E-state index is -1.90. The van der Waals surface area contributed by atoms with E-state index in [0.29, 0.717) is 11.3 Å². The Kier molecular flexibility index (Phi) is 4.36. The van der Waals surface area contributed by atoms with E-state index >= 15 is 0 Å². The summed E-state index contributed by atoms with van der Waals surface area (Å²) in [5.41, 5.74) is 0.904.